The van der Waals surface area contributed by atoms with E-state index in [4.69, 9.17) is 0 Å². The Morgan fingerprint density at radius 2 is 1.09 bits per heavy atom. The number of para-hydroxylation sites is 4. The largest absolute Gasteiger partial charge is 0.317 e. The van der Waals surface area contributed by atoms with Crippen molar-refractivity contribution in [3.63, 3.8) is 0 Å². The van der Waals surface area contributed by atoms with Crippen LogP contribution < -0.4 is 4.90 Å². The molecule has 0 spiro atoms. The lowest BCUT2D eigenvalue weighted by Crippen LogP contribution is -2.11. The van der Waals surface area contributed by atoms with Crippen molar-refractivity contribution in [3.8, 4) is 22.5 Å². The van der Waals surface area contributed by atoms with Crippen molar-refractivity contribution >= 4 is 92.8 Å². The zero-order valence-corrected chi connectivity index (χ0v) is 35.9. The van der Waals surface area contributed by atoms with Gasteiger partial charge in [-0.1, -0.05) is 116 Å². The summed E-state index contributed by atoms with van der Waals surface area (Å²) in [6, 6.07) is 66.7. The van der Waals surface area contributed by atoms with E-state index in [1.807, 2.05) is 11.3 Å². The number of aromatic nitrogens is 2. The molecule has 1 aliphatic carbocycles. The second kappa shape index (κ2) is 14.6. The molecule has 8 aromatic carbocycles. The van der Waals surface area contributed by atoms with Crippen LogP contribution in [0.25, 0.3) is 92.6 Å². The van der Waals surface area contributed by atoms with Crippen molar-refractivity contribution in [2.75, 3.05) is 4.90 Å². The van der Waals surface area contributed by atoms with Crippen LogP contribution in [0, 0.1) is 0 Å². The first-order chi connectivity index (χ1) is 31.7. The minimum atomic E-state index is 0.954. The minimum Gasteiger partial charge on any atom is -0.317 e. The average Bonchev–Trinajstić information content (AvgIpc) is 4.00. The molecule has 0 saturated carbocycles. The first-order valence-corrected chi connectivity index (χ1v) is 22.9. The van der Waals surface area contributed by atoms with Gasteiger partial charge in [-0.3, -0.25) is 0 Å². The Kier molecular flexibility index (Phi) is 8.37. The highest BCUT2D eigenvalue weighted by atomic mass is 32.1. The minimum absolute atomic E-state index is 0.954. The molecule has 0 unspecified atom stereocenters. The Morgan fingerprint density at radius 1 is 0.469 bits per heavy atom. The van der Waals surface area contributed by atoms with Crippen LogP contribution >= 0.6 is 11.3 Å². The Balaban J connectivity index is 0.952. The fourth-order valence-electron chi connectivity index (χ4n) is 10.4. The van der Waals surface area contributed by atoms with Gasteiger partial charge in [-0.25, -0.2) is 0 Å². The Bertz CT molecular complexity index is 3780. The molecule has 3 nitrogen and oxygen atoms in total. The van der Waals surface area contributed by atoms with Gasteiger partial charge in [0.15, 0.2) is 0 Å². The Hall–Kier alpha value is -7.92. The van der Waals surface area contributed by atoms with Crippen LogP contribution in [0.5, 0.6) is 0 Å². The second-order valence-electron chi connectivity index (χ2n) is 16.9. The lowest BCUT2D eigenvalue weighted by molar-refractivity contribution is 0.898. The number of fused-ring (bicyclic) bond motifs is 11. The zero-order chi connectivity index (χ0) is 42.3. The topological polar surface area (TPSA) is 13.1 Å². The maximum absolute atomic E-state index is 4.58. The van der Waals surface area contributed by atoms with E-state index >= 15 is 0 Å². The van der Waals surface area contributed by atoms with Gasteiger partial charge in [-0.15, -0.1) is 11.3 Å². The first kappa shape index (κ1) is 36.7. The van der Waals surface area contributed by atoms with Crippen molar-refractivity contribution in [1.29, 1.82) is 0 Å². The maximum atomic E-state index is 4.58. The first-order valence-electron chi connectivity index (χ1n) is 22.1. The number of hydrogen-bond acceptors (Lipinski definition) is 2. The summed E-state index contributed by atoms with van der Waals surface area (Å²) in [7, 11) is 0. The molecule has 302 valence electrons. The number of allylic oxidation sites excluding steroid dienone is 5. The fraction of sp³-hybridized carbons (Fsp3) is 0.0333. The summed E-state index contributed by atoms with van der Waals surface area (Å²) >= 11 is 1.87. The van der Waals surface area contributed by atoms with Gasteiger partial charge < -0.3 is 14.0 Å². The Morgan fingerprint density at radius 3 is 1.86 bits per heavy atom. The third kappa shape index (κ3) is 5.73. The molecule has 0 fully saturated rings. The molecule has 0 amide bonds. The predicted molar refractivity (Wildman–Crippen MR) is 274 cm³/mol. The summed E-state index contributed by atoms with van der Waals surface area (Å²) in [6.45, 7) is 4.58. The quantitative estimate of drug-likeness (QED) is 0.168. The van der Waals surface area contributed by atoms with Gasteiger partial charge in [0.2, 0.25) is 0 Å². The van der Waals surface area contributed by atoms with Crippen molar-refractivity contribution in [2.24, 2.45) is 0 Å². The van der Waals surface area contributed by atoms with Crippen LogP contribution in [0.4, 0.5) is 11.4 Å². The van der Waals surface area contributed by atoms with Gasteiger partial charge in [0.25, 0.3) is 0 Å². The van der Waals surface area contributed by atoms with Crippen LogP contribution in [0.1, 0.15) is 28.8 Å². The molecule has 1 aliphatic heterocycles. The van der Waals surface area contributed by atoms with Crippen LogP contribution in [0.15, 0.2) is 213 Å². The standard InChI is InChI=1S/C60H41N3S/c1-39-15-13-14-34-61(44-16-5-2-6-17-44)57-32-28-48-52-38-43(27-33-58(52)64-60(48)59(39)57)42-26-31-56-51(37-42)50-36-41(25-30-55(50)63(56)46-20-9-4-10-21-46)40-24-29-54-49(35-40)47-22-11-12-23-53(47)62(54)45-18-7-3-8-19-45/h2-25,27-30,32-38H,1,26,31H2/b15-13-,34-14-. The highest BCUT2D eigenvalue weighted by Gasteiger charge is 2.24. The van der Waals surface area contributed by atoms with E-state index in [-0.39, 0.29) is 0 Å². The van der Waals surface area contributed by atoms with Crippen molar-refractivity contribution in [3.05, 3.63) is 235 Å². The fourth-order valence-corrected chi connectivity index (χ4v) is 11.6. The van der Waals surface area contributed by atoms with E-state index in [0.29, 0.717) is 0 Å². The van der Waals surface area contributed by atoms with Gasteiger partial charge in [0.05, 0.1) is 22.2 Å². The molecular weight excluding hydrogens is 795 g/mol. The number of thiophene rings is 1. The maximum Gasteiger partial charge on any atom is 0.0548 e. The summed E-state index contributed by atoms with van der Waals surface area (Å²) in [5, 5.41) is 6.38. The predicted octanol–water partition coefficient (Wildman–Crippen LogP) is 16.5. The van der Waals surface area contributed by atoms with E-state index < -0.39 is 0 Å². The van der Waals surface area contributed by atoms with Gasteiger partial charge >= 0.3 is 0 Å². The highest BCUT2D eigenvalue weighted by Crippen LogP contribution is 2.47. The van der Waals surface area contributed by atoms with Gasteiger partial charge in [0.1, 0.15) is 0 Å². The van der Waals surface area contributed by atoms with Gasteiger partial charge in [-0.2, -0.15) is 0 Å². The molecule has 2 aliphatic rings. The monoisotopic (exact) mass is 835 g/mol. The summed E-state index contributed by atoms with van der Waals surface area (Å²) in [6.07, 6.45) is 12.9. The average molecular weight is 836 g/mol. The molecule has 4 heteroatoms. The normalized spacial score (nSPS) is 14.8. The molecule has 11 aromatic rings. The summed E-state index contributed by atoms with van der Waals surface area (Å²) in [5.74, 6) is 0. The Labute approximate surface area is 375 Å². The molecular formula is C60H41N3S. The van der Waals surface area contributed by atoms with Crippen molar-refractivity contribution in [1.82, 2.24) is 9.13 Å². The smallest absolute Gasteiger partial charge is 0.0548 e. The van der Waals surface area contributed by atoms with E-state index in [1.165, 1.54) is 103 Å². The second-order valence-corrected chi connectivity index (χ2v) is 18.0. The summed E-state index contributed by atoms with van der Waals surface area (Å²) in [5.41, 5.74) is 18.3. The number of rotatable bonds is 5. The molecule has 64 heavy (non-hydrogen) atoms. The molecule has 0 bridgehead atoms. The summed E-state index contributed by atoms with van der Waals surface area (Å²) in [4.78, 5) is 2.28. The van der Waals surface area contributed by atoms with E-state index in [2.05, 4.69) is 233 Å². The molecule has 0 radical (unpaired) electrons. The third-order valence-electron chi connectivity index (χ3n) is 13.3. The molecule has 4 heterocycles. The molecule has 0 N–H and O–H groups in total. The van der Waals surface area contributed by atoms with Crippen LogP contribution in [-0.4, -0.2) is 9.13 Å². The molecule has 13 rings (SSSR count). The molecule has 0 saturated heterocycles. The number of nitrogens with zero attached hydrogens (tertiary/aromatic N) is 3. The number of hydrogen-bond donors (Lipinski definition) is 0. The summed E-state index contributed by atoms with van der Waals surface area (Å²) < 4.78 is 7.45. The van der Waals surface area contributed by atoms with E-state index in [0.717, 1.165) is 29.8 Å². The van der Waals surface area contributed by atoms with Gasteiger partial charge in [0, 0.05) is 76.4 Å². The number of benzene rings is 8. The molecule has 0 atom stereocenters. The number of anilines is 2. The lowest BCUT2D eigenvalue weighted by Gasteiger charge is -2.25. The van der Waals surface area contributed by atoms with Crippen LogP contribution in [-0.2, 0) is 6.42 Å². The van der Waals surface area contributed by atoms with Gasteiger partial charge in [-0.05, 0) is 138 Å². The SMILES string of the molecule is C=C1/C=C\C=C/N(c2ccccc2)c2ccc3c(sc4ccc(C5=Cc6c(n(-c7ccccc7)c7ccc(-c8ccc9c(c8)c8ccccc8n9-c8ccccc8)cc67)CC5)cc43)c21. The van der Waals surface area contributed by atoms with E-state index in [1.54, 1.807) is 0 Å². The highest BCUT2D eigenvalue weighted by molar-refractivity contribution is 7.26. The zero-order valence-electron chi connectivity index (χ0n) is 35.1. The van der Waals surface area contributed by atoms with Crippen molar-refractivity contribution < 1.29 is 0 Å². The molecule has 3 aromatic heterocycles. The van der Waals surface area contributed by atoms with E-state index in [9.17, 15) is 0 Å². The van der Waals surface area contributed by atoms with Crippen LogP contribution in [0.2, 0.25) is 0 Å². The van der Waals surface area contributed by atoms with Crippen LogP contribution in [0.3, 0.4) is 0 Å². The third-order valence-corrected chi connectivity index (χ3v) is 14.5. The van der Waals surface area contributed by atoms with Crippen molar-refractivity contribution in [2.45, 2.75) is 12.8 Å². The lowest BCUT2D eigenvalue weighted by atomic mass is 9.90.